The number of carbonyl (C=O) groups excluding carboxylic acids is 2. The minimum Gasteiger partial charge on any atom is -0.295 e. The molecule has 0 bridgehead atoms. The molecule has 4 rings (SSSR count). The lowest BCUT2D eigenvalue weighted by atomic mass is 10.0. The molecule has 32 heavy (non-hydrogen) atoms. The third-order valence-electron chi connectivity index (χ3n) is 5.97. The molecule has 2 amide bonds. The largest absolute Gasteiger partial charge is 0.295 e. The van der Waals surface area contributed by atoms with E-state index < -0.39 is 21.2 Å². The maximum Gasteiger partial charge on any atom is 0.264 e. The highest BCUT2D eigenvalue weighted by Gasteiger charge is 2.35. The standard InChI is InChI=1S/C23H25FN2O4S2/c1-15-13-17(22(28)25-32(29,30)19-5-3-2-4-6-19)9-12-20(15)26-21(27)14-31-23(26)16-7-10-18(24)11-8-16/h7-13,19,23H,2-6,14H2,1H3,(H,25,28). The van der Waals surface area contributed by atoms with Gasteiger partial charge < -0.3 is 0 Å². The van der Waals surface area contributed by atoms with E-state index in [0.29, 0.717) is 29.8 Å². The fourth-order valence-electron chi connectivity index (χ4n) is 4.27. The van der Waals surface area contributed by atoms with Crippen molar-refractivity contribution in [2.75, 3.05) is 10.7 Å². The van der Waals surface area contributed by atoms with Gasteiger partial charge in [-0.15, -0.1) is 11.8 Å². The molecule has 9 heteroatoms. The molecule has 2 aromatic carbocycles. The number of halogens is 1. The zero-order valence-corrected chi connectivity index (χ0v) is 19.3. The molecule has 1 unspecified atom stereocenters. The van der Waals surface area contributed by atoms with Crippen LogP contribution < -0.4 is 9.62 Å². The second-order valence-electron chi connectivity index (χ2n) is 8.22. The third-order valence-corrected chi connectivity index (χ3v) is 9.00. The number of amides is 2. The van der Waals surface area contributed by atoms with Crippen LogP contribution in [0.15, 0.2) is 42.5 Å². The van der Waals surface area contributed by atoms with E-state index in [1.54, 1.807) is 36.1 Å². The number of rotatable bonds is 5. The van der Waals surface area contributed by atoms with Crippen LogP contribution in [0.3, 0.4) is 0 Å². The fourth-order valence-corrected chi connectivity index (χ4v) is 6.94. The fraction of sp³-hybridized carbons (Fsp3) is 0.391. The Morgan fingerprint density at radius 3 is 2.44 bits per heavy atom. The van der Waals surface area contributed by atoms with E-state index in [4.69, 9.17) is 0 Å². The molecule has 2 fully saturated rings. The van der Waals surface area contributed by atoms with Crippen LogP contribution in [-0.4, -0.2) is 31.2 Å². The Morgan fingerprint density at radius 2 is 1.78 bits per heavy atom. The van der Waals surface area contributed by atoms with E-state index in [0.717, 1.165) is 24.8 Å². The molecule has 1 heterocycles. The van der Waals surface area contributed by atoms with Crippen molar-refractivity contribution in [2.45, 2.75) is 49.7 Å². The van der Waals surface area contributed by atoms with Crippen LogP contribution >= 0.6 is 11.8 Å². The van der Waals surface area contributed by atoms with E-state index in [1.807, 2.05) is 0 Å². The topological polar surface area (TPSA) is 83.6 Å². The van der Waals surface area contributed by atoms with Crippen molar-refractivity contribution in [1.29, 1.82) is 0 Å². The van der Waals surface area contributed by atoms with Crippen LogP contribution in [0.4, 0.5) is 10.1 Å². The molecule has 1 aliphatic heterocycles. The van der Waals surface area contributed by atoms with Crippen LogP contribution in [0.2, 0.25) is 0 Å². The Labute approximate surface area is 191 Å². The van der Waals surface area contributed by atoms with Crippen LogP contribution in [0.25, 0.3) is 0 Å². The SMILES string of the molecule is Cc1cc(C(=O)NS(=O)(=O)C2CCCCC2)ccc1N1C(=O)CSC1c1ccc(F)cc1. The predicted octanol–water partition coefficient (Wildman–Crippen LogP) is 4.31. The lowest BCUT2D eigenvalue weighted by Gasteiger charge is -2.26. The van der Waals surface area contributed by atoms with Crippen LogP contribution in [0, 0.1) is 12.7 Å². The number of hydrogen-bond acceptors (Lipinski definition) is 5. The highest BCUT2D eigenvalue weighted by molar-refractivity contribution is 8.00. The number of nitrogens with one attached hydrogen (secondary N) is 1. The van der Waals surface area contributed by atoms with Crippen LogP contribution in [0.5, 0.6) is 0 Å². The molecule has 2 aliphatic rings. The number of sulfonamides is 1. The van der Waals surface area contributed by atoms with Crippen molar-refractivity contribution >= 4 is 39.3 Å². The Balaban J connectivity index is 1.55. The van der Waals surface area contributed by atoms with Gasteiger partial charge in [0.15, 0.2) is 0 Å². The second kappa shape index (κ2) is 9.23. The van der Waals surface area contributed by atoms with Gasteiger partial charge in [-0.3, -0.25) is 14.5 Å². The van der Waals surface area contributed by atoms with E-state index in [-0.39, 0.29) is 22.7 Å². The molecule has 1 atom stereocenters. The summed E-state index contributed by atoms with van der Waals surface area (Å²) in [5.41, 5.74) is 2.35. The van der Waals surface area contributed by atoms with Gasteiger partial charge >= 0.3 is 0 Å². The number of anilines is 1. The van der Waals surface area contributed by atoms with Gasteiger partial charge in [-0.1, -0.05) is 31.4 Å². The summed E-state index contributed by atoms with van der Waals surface area (Å²) in [6.07, 6.45) is 3.86. The quantitative estimate of drug-likeness (QED) is 0.696. The predicted molar refractivity (Wildman–Crippen MR) is 124 cm³/mol. The minimum absolute atomic E-state index is 0.0792. The van der Waals surface area contributed by atoms with Gasteiger partial charge in [-0.2, -0.15) is 0 Å². The summed E-state index contributed by atoms with van der Waals surface area (Å²) >= 11 is 1.45. The van der Waals surface area contributed by atoms with Gasteiger partial charge in [0, 0.05) is 11.3 Å². The first kappa shape index (κ1) is 22.8. The molecule has 6 nitrogen and oxygen atoms in total. The number of hydrogen-bond donors (Lipinski definition) is 1. The van der Waals surface area contributed by atoms with Crippen molar-refractivity contribution in [3.63, 3.8) is 0 Å². The summed E-state index contributed by atoms with van der Waals surface area (Å²) < 4.78 is 40.7. The normalized spacial score (nSPS) is 19.9. The van der Waals surface area contributed by atoms with Crippen LogP contribution in [-0.2, 0) is 14.8 Å². The molecule has 0 aromatic heterocycles. The van der Waals surface area contributed by atoms with Gasteiger partial charge in [0.05, 0.1) is 11.0 Å². The molecule has 2 aromatic rings. The summed E-state index contributed by atoms with van der Waals surface area (Å²) in [4.78, 5) is 26.9. The molecule has 0 radical (unpaired) electrons. The summed E-state index contributed by atoms with van der Waals surface area (Å²) in [5, 5.41) is -0.829. The van der Waals surface area contributed by atoms with E-state index in [2.05, 4.69) is 4.72 Å². The second-order valence-corrected chi connectivity index (χ2v) is 11.2. The monoisotopic (exact) mass is 476 g/mol. The summed E-state index contributed by atoms with van der Waals surface area (Å²) in [6.45, 7) is 1.78. The Morgan fingerprint density at radius 1 is 1.09 bits per heavy atom. The molecule has 1 saturated heterocycles. The van der Waals surface area contributed by atoms with Crippen molar-refractivity contribution in [2.24, 2.45) is 0 Å². The zero-order chi connectivity index (χ0) is 22.9. The number of thioether (sulfide) groups is 1. The minimum atomic E-state index is -3.72. The maximum absolute atomic E-state index is 13.3. The Bertz CT molecular complexity index is 1130. The van der Waals surface area contributed by atoms with Gasteiger partial charge in [0.2, 0.25) is 15.9 Å². The molecule has 1 aliphatic carbocycles. The van der Waals surface area contributed by atoms with Crippen molar-refractivity contribution in [3.8, 4) is 0 Å². The van der Waals surface area contributed by atoms with Gasteiger partial charge in [-0.25, -0.2) is 17.5 Å². The lowest BCUT2D eigenvalue weighted by molar-refractivity contribution is -0.115. The first-order valence-electron chi connectivity index (χ1n) is 10.6. The summed E-state index contributed by atoms with van der Waals surface area (Å²) in [6, 6.07) is 10.8. The van der Waals surface area contributed by atoms with E-state index >= 15 is 0 Å². The Kier molecular flexibility index (Phi) is 6.57. The number of aryl methyl sites for hydroxylation is 1. The zero-order valence-electron chi connectivity index (χ0n) is 17.7. The average molecular weight is 477 g/mol. The smallest absolute Gasteiger partial charge is 0.264 e. The summed E-state index contributed by atoms with van der Waals surface area (Å²) in [5.74, 6) is -0.792. The Hall–Kier alpha value is -2.39. The van der Waals surface area contributed by atoms with Gasteiger partial charge in [-0.05, 0) is 61.2 Å². The lowest BCUT2D eigenvalue weighted by Crippen LogP contribution is -2.39. The van der Waals surface area contributed by atoms with Gasteiger partial charge in [0.25, 0.3) is 5.91 Å². The molecule has 1 N–H and O–H groups in total. The molecule has 170 valence electrons. The van der Waals surface area contributed by atoms with Crippen molar-refractivity contribution in [1.82, 2.24) is 4.72 Å². The highest BCUT2D eigenvalue weighted by Crippen LogP contribution is 2.42. The van der Waals surface area contributed by atoms with Crippen molar-refractivity contribution < 1.29 is 22.4 Å². The first-order chi connectivity index (χ1) is 15.3. The maximum atomic E-state index is 13.3. The highest BCUT2D eigenvalue weighted by atomic mass is 32.2. The average Bonchev–Trinajstić information content (AvgIpc) is 3.15. The summed E-state index contributed by atoms with van der Waals surface area (Å²) in [7, 11) is -3.72. The van der Waals surface area contributed by atoms with Crippen LogP contribution in [0.1, 0.15) is 59.0 Å². The molecular formula is C23H25FN2O4S2. The van der Waals surface area contributed by atoms with E-state index in [9.17, 15) is 22.4 Å². The van der Waals surface area contributed by atoms with Crippen molar-refractivity contribution in [3.05, 3.63) is 65.0 Å². The first-order valence-corrected chi connectivity index (χ1v) is 13.2. The van der Waals surface area contributed by atoms with E-state index in [1.165, 1.54) is 30.0 Å². The molecule has 0 spiro atoms. The number of carbonyl (C=O) groups is 2. The molecule has 1 saturated carbocycles. The van der Waals surface area contributed by atoms with Gasteiger partial charge in [0.1, 0.15) is 11.2 Å². The number of nitrogens with zero attached hydrogens (tertiary/aromatic N) is 1. The third kappa shape index (κ3) is 4.68. The number of benzene rings is 2. The molecular weight excluding hydrogens is 451 g/mol.